The molecule has 0 aromatic heterocycles. The molecule has 1 amide bonds. The van der Waals surface area contributed by atoms with Crippen molar-refractivity contribution in [2.45, 2.75) is 12.8 Å². The van der Waals surface area contributed by atoms with Crippen molar-refractivity contribution in [3.63, 3.8) is 0 Å². The van der Waals surface area contributed by atoms with E-state index in [0.29, 0.717) is 39.2 Å². The van der Waals surface area contributed by atoms with Crippen LogP contribution in [0.3, 0.4) is 0 Å². The third kappa shape index (κ3) is 2.90. The molecule has 1 aliphatic rings. The van der Waals surface area contributed by atoms with Crippen LogP contribution in [-0.4, -0.2) is 44.4 Å². The van der Waals surface area contributed by atoms with Crippen LogP contribution in [0.25, 0.3) is 0 Å². The summed E-state index contributed by atoms with van der Waals surface area (Å²) in [6, 6.07) is 0. The Kier molecular flexibility index (Phi) is 5.11. The normalized spacial score (nSPS) is 19.1. The third-order valence-electron chi connectivity index (χ3n) is 2.84. The van der Waals surface area contributed by atoms with Crippen LogP contribution < -0.4 is 11.1 Å². The van der Waals surface area contributed by atoms with Crippen molar-refractivity contribution in [2.24, 2.45) is 11.1 Å². The Bertz CT molecular complexity index is 265. The number of thiocarbonyl (C=S) groups is 1. The number of nitrogens with two attached hydrogens (primary N) is 1. The van der Waals surface area contributed by atoms with Crippen molar-refractivity contribution in [3.8, 4) is 0 Å². The second-order valence-corrected chi connectivity index (χ2v) is 4.25. The highest BCUT2D eigenvalue weighted by atomic mass is 32.1. The van der Waals surface area contributed by atoms with Crippen LogP contribution in [0.4, 0.5) is 0 Å². The Morgan fingerprint density at radius 3 is 2.69 bits per heavy atom. The van der Waals surface area contributed by atoms with Crippen LogP contribution in [0, 0.1) is 5.41 Å². The predicted molar refractivity (Wildman–Crippen MR) is 64.2 cm³/mol. The van der Waals surface area contributed by atoms with Gasteiger partial charge in [0.25, 0.3) is 0 Å². The van der Waals surface area contributed by atoms with Gasteiger partial charge in [-0.2, -0.15) is 0 Å². The molecule has 0 radical (unpaired) electrons. The number of amides is 1. The zero-order valence-corrected chi connectivity index (χ0v) is 10.3. The van der Waals surface area contributed by atoms with Gasteiger partial charge in [0, 0.05) is 26.9 Å². The smallest absolute Gasteiger partial charge is 0.233 e. The summed E-state index contributed by atoms with van der Waals surface area (Å²) in [7, 11) is 1.59. The van der Waals surface area contributed by atoms with E-state index in [9.17, 15) is 4.79 Å². The first kappa shape index (κ1) is 13.3. The van der Waals surface area contributed by atoms with Gasteiger partial charge in [-0.25, -0.2) is 0 Å². The monoisotopic (exact) mass is 246 g/mol. The summed E-state index contributed by atoms with van der Waals surface area (Å²) in [6.07, 6.45) is 1.11. The number of rotatable bonds is 5. The molecular formula is C10H18N2O3S. The Morgan fingerprint density at radius 1 is 1.56 bits per heavy atom. The number of ether oxygens (including phenoxy) is 2. The lowest BCUT2D eigenvalue weighted by Crippen LogP contribution is -2.52. The van der Waals surface area contributed by atoms with Gasteiger partial charge in [-0.05, 0) is 12.8 Å². The highest BCUT2D eigenvalue weighted by Gasteiger charge is 2.42. The molecule has 0 aromatic carbocycles. The highest BCUT2D eigenvalue weighted by Crippen LogP contribution is 2.31. The molecule has 16 heavy (non-hydrogen) atoms. The number of carbonyl (C=O) groups is 1. The van der Waals surface area contributed by atoms with Gasteiger partial charge in [-0.1, -0.05) is 12.2 Å². The van der Waals surface area contributed by atoms with Crippen molar-refractivity contribution >= 4 is 23.1 Å². The van der Waals surface area contributed by atoms with Crippen LogP contribution in [0.2, 0.25) is 0 Å². The SMILES string of the molecule is COCCNC(=O)C1(C(N)=S)CCOCC1. The fourth-order valence-electron chi connectivity index (χ4n) is 1.74. The summed E-state index contributed by atoms with van der Waals surface area (Å²) >= 11 is 5.01. The molecule has 1 aliphatic heterocycles. The number of hydrogen-bond acceptors (Lipinski definition) is 4. The second kappa shape index (κ2) is 6.12. The van der Waals surface area contributed by atoms with E-state index in [-0.39, 0.29) is 10.9 Å². The highest BCUT2D eigenvalue weighted by molar-refractivity contribution is 7.80. The molecule has 1 saturated heterocycles. The fraction of sp³-hybridized carbons (Fsp3) is 0.800. The van der Waals surface area contributed by atoms with Crippen molar-refractivity contribution in [2.75, 3.05) is 33.5 Å². The molecule has 0 aliphatic carbocycles. The molecule has 0 spiro atoms. The summed E-state index contributed by atoms with van der Waals surface area (Å²) in [4.78, 5) is 12.3. The summed E-state index contributed by atoms with van der Waals surface area (Å²) in [5, 5.41) is 2.79. The van der Waals surface area contributed by atoms with E-state index in [1.807, 2.05) is 0 Å². The Labute approximate surface area is 101 Å². The molecular weight excluding hydrogens is 228 g/mol. The maximum absolute atomic E-state index is 12.0. The van der Waals surface area contributed by atoms with Crippen LogP contribution in [0.5, 0.6) is 0 Å². The minimum Gasteiger partial charge on any atom is -0.392 e. The minimum atomic E-state index is -0.735. The molecule has 0 bridgehead atoms. The van der Waals surface area contributed by atoms with Gasteiger partial charge >= 0.3 is 0 Å². The first-order chi connectivity index (χ1) is 7.63. The standard InChI is InChI=1S/C10H18N2O3S/c1-14-7-4-12-9(13)10(8(11)16)2-5-15-6-3-10/h2-7H2,1H3,(H2,11,16)(H,12,13). The molecule has 0 aromatic rings. The molecule has 0 unspecified atom stereocenters. The lowest BCUT2D eigenvalue weighted by atomic mass is 9.79. The third-order valence-corrected chi connectivity index (χ3v) is 3.24. The van der Waals surface area contributed by atoms with E-state index in [4.69, 9.17) is 27.4 Å². The summed E-state index contributed by atoms with van der Waals surface area (Å²) in [6.45, 7) is 2.00. The lowest BCUT2D eigenvalue weighted by Gasteiger charge is -2.34. The topological polar surface area (TPSA) is 73.6 Å². The van der Waals surface area contributed by atoms with Gasteiger partial charge in [0.15, 0.2) is 0 Å². The van der Waals surface area contributed by atoms with Gasteiger partial charge in [0.1, 0.15) is 5.41 Å². The Morgan fingerprint density at radius 2 is 2.19 bits per heavy atom. The summed E-state index contributed by atoms with van der Waals surface area (Å²) < 4.78 is 10.1. The fourth-order valence-corrected chi connectivity index (χ4v) is 2.04. The zero-order valence-electron chi connectivity index (χ0n) is 9.45. The number of nitrogens with one attached hydrogen (secondary N) is 1. The van der Waals surface area contributed by atoms with E-state index < -0.39 is 5.41 Å². The van der Waals surface area contributed by atoms with Crippen molar-refractivity contribution in [3.05, 3.63) is 0 Å². The first-order valence-corrected chi connectivity index (χ1v) is 5.69. The van der Waals surface area contributed by atoms with E-state index in [1.54, 1.807) is 7.11 Å². The quantitative estimate of drug-likeness (QED) is 0.520. The van der Waals surface area contributed by atoms with Gasteiger partial charge in [0.05, 0.1) is 11.6 Å². The van der Waals surface area contributed by atoms with Gasteiger partial charge in [-0.15, -0.1) is 0 Å². The zero-order chi connectivity index (χ0) is 12.0. The van der Waals surface area contributed by atoms with Crippen molar-refractivity contribution in [1.29, 1.82) is 0 Å². The second-order valence-electron chi connectivity index (χ2n) is 3.81. The predicted octanol–water partition coefficient (Wildman–Crippen LogP) is -0.168. The number of methoxy groups -OCH3 is 1. The summed E-state index contributed by atoms with van der Waals surface area (Å²) in [5.74, 6) is -0.111. The van der Waals surface area contributed by atoms with Crippen molar-refractivity contribution < 1.29 is 14.3 Å². The Hall–Kier alpha value is -0.720. The molecule has 5 nitrogen and oxygen atoms in total. The largest absolute Gasteiger partial charge is 0.392 e. The maximum Gasteiger partial charge on any atom is 0.233 e. The van der Waals surface area contributed by atoms with Crippen LogP contribution in [0.1, 0.15) is 12.8 Å². The Balaban J connectivity index is 2.61. The van der Waals surface area contributed by atoms with Gasteiger partial charge < -0.3 is 20.5 Å². The van der Waals surface area contributed by atoms with Crippen LogP contribution in [-0.2, 0) is 14.3 Å². The molecule has 1 rings (SSSR count). The molecule has 1 heterocycles. The van der Waals surface area contributed by atoms with E-state index >= 15 is 0 Å². The lowest BCUT2D eigenvalue weighted by molar-refractivity contribution is -0.131. The van der Waals surface area contributed by atoms with Crippen molar-refractivity contribution in [1.82, 2.24) is 5.32 Å². The van der Waals surface area contributed by atoms with E-state index in [2.05, 4.69) is 5.32 Å². The maximum atomic E-state index is 12.0. The van der Waals surface area contributed by atoms with E-state index in [0.717, 1.165) is 0 Å². The molecule has 0 atom stereocenters. The van der Waals surface area contributed by atoms with Crippen LogP contribution >= 0.6 is 12.2 Å². The molecule has 6 heteroatoms. The molecule has 92 valence electrons. The van der Waals surface area contributed by atoms with Gasteiger partial charge in [-0.3, -0.25) is 4.79 Å². The average Bonchev–Trinajstić information content (AvgIpc) is 2.30. The molecule has 1 fully saturated rings. The van der Waals surface area contributed by atoms with Crippen LogP contribution in [0.15, 0.2) is 0 Å². The van der Waals surface area contributed by atoms with Gasteiger partial charge in [0.2, 0.25) is 5.91 Å². The number of hydrogen-bond donors (Lipinski definition) is 2. The molecule has 3 N–H and O–H groups in total. The minimum absolute atomic E-state index is 0.111. The number of carbonyl (C=O) groups excluding carboxylic acids is 1. The molecule has 0 saturated carbocycles. The first-order valence-electron chi connectivity index (χ1n) is 5.28. The average molecular weight is 246 g/mol. The van der Waals surface area contributed by atoms with E-state index in [1.165, 1.54) is 0 Å². The summed E-state index contributed by atoms with van der Waals surface area (Å²) in [5.41, 5.74) is 4.96.